The molecule has 1 aromatic heterocycles. The maximum absolute atomic E-state index is 13.1. The molecule has 0 aliphatic heterocycles. The van der Waals surface area contributed by atoms with Crippen molar-refractivity contribution in [3.8, 4) is 5.75 Å². The van der Waals surface area contributed by atoms with Gasteiger partial charge in [-0.25, -0.2) is 4.39 Å². The van der Waals surface area contributed by atoms with Crippen LogP contribution in [0.1, 0.15) is 24.1 Å². The number of phenols is 1. The minimum absolute atomic E-state index is 0.0877. The van der Waals surface area contributed by atoms with E-state index < -0.39 is 0 Å². The van der Waals surface area contributed by atoms with E-state index in [0.717, 1.165) is 16.8 Å². The van der Waals surface area contributed by atoms with Crippen LogP contribution < -0.4 is 5.32 Å². The molecule has 0 saturated carbocycles. The third-order valence-corrected chi connectivity index (χ3v) is 2.82. The summed E-state index contributed by atoms with van der Waals surface area (Å²) in [4.78, 5) is 3.81. The van der Waals surface area contributed by atoms with Crippen molar-refractivity contribution in [2.24, 2.45) is 0 Å². The number of halogens is 1. The average molecular weight is 246 g/mol. The van der Waals surface area contributed by atoms with Gasteiger partial charge < -0.3 is 10.4 Å². The van der Waals surface area contributed by atoms with Crippen LogP contribution in [0, 0.1) is 12.7 Å². The van der Waals surface area contributed by atoms with E-state index in [1.165, 1.54) is 12.3 Å². The van der Waals surface area contributed by atoms with Gasteiger partial charge in [0.15, 0.2) is 0 Å². The van der Waals surface area contributed by atoms with Crippen LogP contribution in [0.4, 0.5) is 10.1 Å². The van der Waals surface area contributed by atoms with Crippen molar-refractivity contribution in [1.82, 2.24) is 4.98 Å². The van der Waals surface area contributed by atoms with Crippen LogP contribution in [0.2, 0.25) is 0 Å². The predicted octanol–water partition coefficient (Wildman–Crippen LogP) is 3.41. The molecular weight excluding hydrogens is 231 g/mol. The number of aromatic hydroxyl groups is 1. The summed E-state index contributed by atoms with van der Waals surface area (Å²) in [6, 6.07) is 6.71. The maximum atomic E-state index is 13.1. The van der Waals surface area contributed by atoms with E-state index in [9.17, 15) is 9.50 Å². The Morgan fingerprint density at radius 3 is 2.72 bits per heavy atom. The first kappa shape index (κ1) is 12.4. The highest BCUT2D eigenvalue weighted by molar-refractivity contribution is 5.52. The summed E-state index contributed by atoms with van der Waals surface area (Å²) in [7, 11) is 0. The molecule has 0 radical (unpaired) electrons. The van der Waals surface area contributed by atoms with E-state index in [2.05, 4.69) is 10.3 Å². The molecule has 0 fully saturated rings. The highest BCUT2D eigenvalue weighted by Gasteiger charge is 2.07. The Kier molecular flexibility index (Phi) is 3.46. The van der Waals surface area contributed by atoms with Crippen LogP contribution in [0.15, 0.2) is 36.7 Å². The zero-order chi connectivity index (χ0) is 13.1. The smallest absolute Gasteiger partial charge is 0.141 e. The van der Waals surface area contributed by atoms with Gasteiger partial charge in [0.25, 0.3) is 0 Å². The van der Waals surface area contributed by atoms with E-state index in [4.69, 9.17) is 0 Å². The summed E-state index contributed by atoms with van der Waals surface area (Å²) < 4.78 is 13.1. The molecule has 0 aliphatic carbocycles. The highest BCUT2D eigenvalue weighted by Crippen LogP contribution is 2.24. The second-order valence-electron chi connectivity index (χ2n) is 4.30. The van der Waals surface area contributed by atoms with E-state index in [1.54, 1.807) is 12.3 Å². The number of phenolic OH excluding ortho intramolecular Hbond substituents is 1. The van der Waals surface area contributed by atoms with Crippen molar-refractivity contribution in [3.05, 3.63) is 53.6 Å². The Balaban J connectivity index is 2.16. The maximum Gasteiger partial charge on any atom is 0.141 e. The number of rotatable bonds is 3. The van der Waals surface area contributed by atoms with Gasteiger partial charge in [-0.1, -0.05) is 6.07 Å². The number of aromatic nitrogens is 1. The molecule has 4 heteroatoms. The fraction of sp³-hybridized carbons (Fsp3) is 0.214. The van der Waals surface area contributed by atoms with Crippen molar-refractivity contribution in [1.29, 1.82) is 0 Å². The van der Waals surface area contributed by atoms with Crippen LogP contribution >= 0.6 is 0 Å². The standard InChI is InChI=1S/C14H15FN2O/c1-9-3-4-13(6-14(9)18)17-10(2)11-5-12(15)8-16-7-11/h3-8,10,17-18H,1-2H3. The van der Waals surface area contributed by atoms with Crippen molar-refractivity contribution in [2.75, 3.05) is 5.32 Å². The quantitative estimate of drug-likeness (QED) is 0.872. The first-order chi connectivity index (χ1) is 8.56. The predicted molar refractivity (Wildman–Crippen MR) is 69.1 cm³/mol. The van der Waals surface area contributed by atoms with Crippen LogP contribution in [-0.2, 0) is 0 Å². The van der Waals surface area contributed by atoms with Crippen LogP contribution in [0.5, 0.6) is 5.75 Å². The van der Waals surface area contributed by atoms with Crippen LogP contribution in [0.3, 0.4) is 0 Å². The van der Waals surface area contributed by atoms with Gasteiger partial charge in [0.1, 0.15) is 11.6 Å². The minimum Gasteiger partial charge on any atom is -0.508 e. The fourth-order valence-electron chi connectivity index (χ4n) is 1.70. The van der Waals surface area contributed by atoms with Gasteiger partial charge in [-0.15, -0.1) is 0 Å². The number of hydrogen-bond acceptors (Lipinski definition) is 3. The summed E-state index contributed by atoms with van der Waals surface area (Å²) >= 11 is 0. The summed E-state index contributed by atoms with van der Waals surface area (Å²) in [5, 5.41) is 12.8. The molecule has 1 atom stereocenters. The van der Waals surface area contributed by atoms with Gasteiger partial charge in [-0.3, -0.25) is 4.98 Å². The zero-order valence-electron chi connectivity index (χ0n) is 10.3. The Labute approximate surface area is 105 Å². The minimum atomic E-state index is -0.354. The SMILES string of the molecule is Cc1ccc(NC(C)c2cncc(F)c2)cc1O. The van der Waals surface area contributed by atoms with Crippen LogP contribution in [0.25, 0.3) is 0 Å². The molecule has 18 heavy (non-hydrogen) atoms. The topological polar surface area (TPSA) is 45.2 Å². The third-order valence-electron chi connectivity index (χ3n) is 2.82. The molecule has 0 bridgehead atoms. The Morgan fingerprint density at radius 1 is 1.28 bits per heavy atom. The van der Waals surface area contributed by atoms with Gasteiger partial charge in [0, 0.05) is 18.0 Å². The van der Waals surface area contributed by atoms with Gasteiger partial charge in [0.05, 0.1) is 12.2 Å². The van der Waals surface area contributed by atoms with E-state index in [-0.39, 0.29) is 17.6 Å². The number of pyridine rings is 1. The Hall–Kier alpha value is -2.10. The number of hydrogen-bond donors (Lipinski definition) is 2. The molecule has 2 aromatic rings. The molecule has 1 heterocycles. The molecule has 0 aliphatic rings. The molecule has 2 N–H and O–H groups in total. The number of nitrogens with one attached hydrogen (secondary N) is 1. The number of nitrogens with zero attached hydrogens (tertiary/aromatic N) is 1. The largest absolute Gasteiger partial charge is 0.508 e. The highest BCUT2D eigenvalue weighted by atomic mass is 19.1. The number of benzene rings is 1. The Morgan fingerprint density at radius 2 is 2.06 bits per heavy atom. The summed E-state index contributed by atoms with van der Waals surface area (Å²) in [6.45, 7) is 3.74. The van der Waals surface area contributed by atoms with E-state index in [0.29, 0.717) is 0 Å². The van der Waals surface area contributed by atoms with Crippen molar-refractivity contribution in [2.45, 2.75) is 19.9 Å². The van der Waals surface area contributed by atoms with Gasteiger partial charge in [-0.05, 0) is 37.1 Å². The molecule has 0 saturated heterocycles. The van der Waals surface area contributed by atoms with Gasteiger partial charge in [-0.2, -0.15) is 0 Å². The molecule has 0 spiro atoms. The first-order valence-electron chi connectivity index (χ1n) is 5.73. The van der Waals surface area contributed by atoms with E-state index in [1.807, 2.05) is 26.0 Å². The summed E-state index contributed by atoms with van der Waals surface area (Å²) in [5.41, 5.74) is 2.37. The molecule has 0 amide bonds. The second kappa shape index (κ2) is 5.04. The lowest BCUT2D eigenvalue weighted by molar-refractivity contribution is 0.471. The van der Waals surface area contributed by atoms with Crippen LogP contribution in [-0.4, -0.2) is 10.1 Å². The van der Waals surface area contributed by atoms with Gasteiger partial charge >= 0.3 is 0 Å². The Bertz CT molecular complexity index is 557. The molecular formula is C14H15FN2O. The average Bonchev–Trinajstić information content (AvgIpc) is 2.34. The molecule has 1 aromatic carbocycles. The van der Waals surface area contributed by atoms with Crippen molar-refractivity contribution < 1.29 is 9.50 Å². The van der Waals surface area contributed by atoms with Crippen molar-refractivity contribution >= 4 is 5.69 Å². The van der Waals surface area contributed by atoms with Crippen molar-refractivity contribution in [3.63, 3.8) is 0 Å². The number of anilines is 1. The second-order valence-corrected chi connectivity index (χ2v) is 4.30. The monoisotopic (exact) mass is 246 g/mol. The molecule has 94 valence electrons. The molecule has 1 unspecified atom stereocenters. The summed E-state index contributed by atoms with van der Waals surface area (Å²) in [6.07, 6.45) is 2.79. The fourth-order valence-corrected chi connectivity index (χ4v) is 1.70. The zero-order valence-corrected chi connectivity index (χ0v) is 10.3. The lowest BCUT2D eigenvalue weighted by Gasteiger charge is -2.16. The summed E-state index contributed by atoms with van der Waals surface area (Å²) in [5.74, 6) is -0.113. The lowest BCUT2D eigenvalue weighted by atomic mass is 10.1. The lowest BCUT2D eigenvalue weighted by Crippen LogP contribution is -2.07. The molecule has 2 rings (SSSR count). The first-order valence-corrected chi connectivity index (χ1v) is 5.73. The number of aryl methyl sites for hydroxylation is 1. The van der Waals surface area contributed by atoms with E-state index >= 15 is 0 Å². The van der Waals surface area contributed by atoms with Gasteiger partial charge in [0.2, 0.25) is 0 Å². The third kappa shape index (κ3) is 2.77. The normalized spacial score (nSPS) is 12.2. The molecule has 3 nitrogen and oxygen atoms in total.